The molecule has 4 rings (SSSR count). The molecule has 3 aromatic carbocycles. The number of ether oxygens (including phenoxy) is 3. The van der Waals surface area contributed by atoms with Gasteiger partial charge in [0, 0.05) is 27.2 Å². The quantitative estimate of drug-likeness (QED) is 0.219. The fourth-order valence-electron chi connectivity index (χ4n) is 3.80. The van der Waals surface area contributed by atoms with E-state index in [0.717, 1.165) is 12.8 Å². The fourth-order valence-corrected chi connectivity index (χ4v) is 4.41. The first-order chi connectivity index (χ1) is 16.9. The summed E-state index contributed by atoms with van der Waals surface area (Å²) in [6, 6.07) is 18.9. The number of carbonyl (C=O) groups is 1. The van der Waals surface area contributed by atoms with Crippen molar-refractivity contribution in [1.29, 1.82) is 5.26 Å². The molecule has 0 amide bonds. The van der Waals surface area contributed by atoms with Crippen molar-refractivity contribution in [3.8, 4) is 23.3 Å². The number of nitrogens with two attached hydrogens (primary N) is 1. The first-order valence-corrected chi connectivity index (χ1v) is 11.8. The van der Waals surface area contributed by atoms with Crippen LogP contribution < -0.4 is 19.9 Å². The summed E-state index contributed by atoms with van der Waals surface area (Å²) in [5.74, 6) is -0.0579. The highest BCUT2D eigenvalue weighted by molar-refractivity contribution is 6.36. The van der Waals surface area contributed by atoms with Crippen LogP contribution in [0.3, 0.4) is 0 Å². The number of esters is 1. The number of halogens is 2. The van der Waals surface area contributed by atoms with Gasteiger partial charge in [0.15, 0.2) is 0 Å². The number of carbonyl (C=O) groups excluding carboxylic acids is 1. The molecule has 35 heavy (non-hydrogen) atoms. The van der Waals surface area contributed by atoms with Gasteiger partial charge in [-0.1, -0.05) is 54.7 Å². The zero-order valence-corrected chi connectivity index (χ0v) is 20.4. The van der Waals surface area contributed by atoms with Gasteiger partial charge in [0.25, 0.3) is 0 Å². The molecular weight excluding hydrogens is 487 g/mol. The normalized spacial score (nSPS) is 14.5. The van der Waals surface area contributed by atoms with E-state index in [2.05, 4.69) is 13.0 Å². The minimum Gasteiger partial charge on any atom is -0.494 e. The van der Waals surface area contributed by atoms with Crippen LogP contribution in [-0.4, -0.2) is 12.6 Å². The molecule has 0 bridgehead atoms. The van der Waals surface area contributed by atoms with Crippen LogP contribution >= 0.6 is 23.2 Å². The molecule has 1 aliphatic heterocycles. The maximum absolute atomic E-state index is 12.8. The van der Waals surface area contributed by atoms with Crippen molar-refractivity contribution >= 4 is 29.2 Å². The van der Waals surface area contributed by atoms with Crippen LogP contribution in [0.1, 0.15) is 47.2 Å². The molecule has 0 saturated carbocycles. The van der Waals surface area contributed by atoms with Gasteiger partial charge in [-0.05, 0) is 42.8 Å². The van der Waals surface area contributed by atoms with Crippen LogP contribution in [0.2, 0.25) is 10.0 Å². The van der Waals surface area contributed by atoms with Gasteiger partial charge in [0.2, 0.25) is 5.88 Å². The van der Waals surface area contributed by atoms with E-state index in [1.165, 1.54) is 0 Å². The SMILES string of the molecule is CCCCOc1cccc(C(=O)Oc2ccc3c(c2)OC(N)=C(C#N)C3c2c(Cl)cccc2Cl)c1. The van der Waals surface area contributed by atoms with Gasteiger partial charge in [-0.25, -0.2) is 4.79 Å². The van der Waals surface area contributed by atoms with Crippen molar-refractivity contribution in [1.82, 2.24) is 0 Å². The largest absolute Gasteiger partial charge is 0.494 e. The lowest BCUT2D eigenvalue weighted by atomic mass is 9.83. The van der Waals surface area contributed by atoms with Crippen molar-refractivity contribution in [3.63, 3.8) is 0 Å². The Kier molecular flexibility index (Phi) is 7.50. The Bertz CT molecular complexity index is 1330. The topological polar surface area (TPSA) is 94.6 Å². The van der Waals surface area contributed by atoms with Gasteiger partial charge in [-0.2, -0.15) is 5.26 Å². The van der Waals surface area contributed by atoms with E-state index >= 15 is 0 Å². The van der Waals surface area contributed by atoms with Gasteiger partial charge in [0.1, 0.15) is 28.9 Å². The molecular formula is C27H22Cl2N2O4. The summed E-state index contributed by atoms with van der Waals surface area (Å²) < 4.78 is 17.0. The van der Waals surface area contributed by atoms with Crippen LogP contribution in [0.4, 0.5) is 0 Å². The van der Waals surface area contributed by atoms with E-state index < -0.39 is 11.9 Å². The van der Waals surface area contributed by atoms with Crippen LogP contribution in [0, 0.1) is 11.3 Å². The van der Waals surface area contributed by atoms with Crippen molar-refractivity contribution < 1.29 is 19.0 Å². The number of nitriles is 1. The third-order valence-electron chi connectivity index (χ3n) is 5.53. The predicted molar refractivity (Wildman–Crippen MR) is 134 cm³/mol. The Labute approximate surface area is 213 Å². The monoisotopic (exact) mass is 508 g/mol. The average Bonchev–Trinajstić information content (AvgIpc) is 2.84. The molecule has 0 saturated heterocycles. The van der Waals surface area contributed by atoms with E-state index in [9.17, 15) is 10.1 Å². The van der Waals surface area contributed by atoms with Crippen molar-refractivity contribution in [2.75, 3.05) is 6.61 Å². The standard InChI is InChI=1S/C27H22Cl2N2O4/c1-2-3-12-33-17-7-4-6-16(13-17)27(32)34-18-10-11-19-23(14-18)35-26(31)20(15-30)24(19)25-21(28)8-5-9-22(25)29/h4-11,13-14,24H,2-3,12,31H2,1H3. The molecule has 178 valence electrons. The molecule has 1 atom stereocenters. The summed E-state index contributed by atoms with van der Waals surface area (Å²) >= 11 is 12.9. The summed E-state index contributed by atoms with van der Waals surface area (Å²) in [6.45, 7) is 2.66. The molecule has 2 N–H and O–H groups in total. The number of hydrogen-bond donors (Lipinski definition) is 1. The van der Waals surface area contributed by atoms with Crippen molar-refractivity contribution in [2.45, 2.75) is 25.7 Å². The Morgan fingerprint density at radius 1 is 1.09 bits per heavy atom. The molecule has 0 aromatic heterocycles. The minimum absolute atomic E-state index is 0.0682. The molecule has 1 unspecified atom stereocenters. The molecule has 8 heteroatoms. The number of unbranched alkanes of at least 4 members (excludes halogenated alkanes) is 1. The van der Waals surface area contributed by atoms with Crippen molar-refractivity contribution in [3.05, 3.63) is 98.9 Å². The summed E-state index contributed by atoms with van der Waals surface area (Å²) in [5.41, 5.74) is 7.78. The van der Waals surface area contributed by atoms with E-state index in [-0.39, 0.29) is 17.2 Å². The fraction of sp³-hybridized carbons (Fsp3) is 0.185. The van der Waals surface area contributed by atoms with Crippen LogP contribution in [-0.2, 0) is 0 Å². The number of fused-ring (bicyclic) bond motifs is 1. The number of benzene rings is 3. The second kappa shape index (κ2) is 10.7. The third-order valence-corrected chi connectivity index (χ3v) is 6.18. The first-order valence-electron chi connectivity index (χ1n) is 11.0. The van der Waals surface area contributed by atoms with Gasteiger partial charge in [0.05, 0.1) is 18.1 Å². The molecule has 1 aliphatic rings. The second-order valence-corrected chi connectivity index (χ2v) is 8.69. The summed E-state index contributed by atoms with van der Waals surface area (Å²) in [5, 5.41) is 10.5. The predicted octanol–water partition coefficient (Wildman–Crippen LogP) is 6.61. The van der Waals surface area contributed by atoms with Crippen LogP contribution in [0.5, 0.6) is 17.2 Å². The highest BCUT2D eigenvalue weighted by Crippen LogP contribution is 2.47. The zero-order valence-electron chi connectivity index (χ0n) is 18.9. The smallest absolute Gasteiger partial charge is 0.343 e. The Hall–Kier alpha value is -3.66. The van der Waals surface area contributed by atoms with Gasteiger partial charge in [-0.15, -0.1) is 0 Å². The molecule has 0 spiro atoms. The number of nitrogens with zero attached hydrogens (tertiary/aromatic N) is 1. The highest BCUT2D eigenvalue weighted by Gasteiger charge is 2.33. The van der Waals surface area contributed by atoms with E-state index in [0.29, 0.717) is 44.8 Å². The number of rotatable bonds is 7. The lowest BCUT2D eigenvalue weighted by molar-refractivity contribution is 0.0734. The maximum Gasteiger partial charge on any atom is 0.343 e. The molecule has 0 aliphatic carbocycles. The van der Waals surface area contributed by atoms with Crippen LogP contribution in [0.15, 0.2) is 72.1 Å². The Morgan fingerprint density at radius 3 is 2.54 bits per heavy atom. The number of hydrogen-bond acceptors (Lipinski definition) is 6. The van der Waals surface area contributed by atoms with E-state index in [4.69, 9.17) is 43.1 Å². The maximum atomic E-state index is 12.8. The number of allylic oxidation sites excluding steroid dienone is 1. The van der Waals surface area contributed by atoms with Gasteiger partial charge < -0.3 is 19.9 Å². The Morgan fingerprint density at radius 2 is 1.83 bits per heavy atom. The first kappa shape index (κ1) is 24.5. The van der Waals surface area contributed by atoms with Crippen molar-refractivity contribution in [2.24, 2.45) is 5.73 Å². The summed E-state index contributed by atoms with van der Waals surface area (Å²) in [4.78, 5) is 12.8. The molecule has 0 fully saturated rings. The lowest BCUT2D eigenvalue weighted by Crippen LogP contribution is -2.21. The average molecular weight is 509 g/mol. The lowest BCUT2D eigenvalue weighted by Gasteiger charge is -2.27. The van der Waals surface area contributed by atoms with E-state index in [1.54, 1.807) is 60.7 Å². The molecule has 0 radical (unpaired) electrons. The van der Waals surface area contributed by atoms with E-state index in [1.807, 2.05) is 0 Å². The van der Waals surface area contributed by atoms with Gasteiger partial charge in [-0.3, -0.25) is 0 Å². The summed E-state index contributed by atoms with van der Waals surface area (Å²) in [6.07, 6.45) is 1.94. The van der Waals surface area contributed by atoms with Crippen LogP contribution in [0.25, 0.3) is 0 Å². The third kappa shape index (κ3) is 5.22. The van der Waals surface area contributed by atoms with Gasteiger partial charge >= 0.3 is 5.97 Å². The minimum atomic E-state index is -0.633. The molecule has 6 nitrogen and oxygen atoms in total. The highest BCUT2D eigenvalue weighted by atomic mass is 35.5. The summed E-state index contributed by atoms with van der Waals surface area (Å²) in [7, 11) is 0. The zero-order chi connectivity index (χ0) is 24.9. The molecule has 1 heterocycles. The second-order valence-electron chi connectivity index (χ2n) is 7.88. The molecule has 3 aromatic rings. The Balaban J connectivity index is 1.63.